The zero-order valence-corrected chi connectivity index (χ0v) is 25.1. The van der Waals surface area contributed by atoms with Crippen LogP contribution in [0.25, 0.3) is 11.3 Å². The lowest BCUT2D eigenvalue weighted by molar-refractivity contribution is -0.139. The first-order chi connectivity index (χ1) is 20.7. The number of carbonyl (C=O) groups is 2. The number of piperazine rings is 1. The molecule has 1 aromatic heterocycles. The number of hydrogen-bond acceptors (Lipinski definition) is 7. The van der Waals surface area contributed by atoms with Crippen molar-refractivity contribution in [1.29, 1.82) is 0 Å². The minimum atomic E-state index is -0.338. The first-order valence-corrected chi connectivity index (χ1v) is 14.3. The van der Waals surface area contributed by atoms with E-state index < -0.39 is 0 Å². The molecule has 5 rings (SSSR count). The van der Waals surface area contributed by atoms with Crippen LogP contribution in [0.5, 0.6) is 0 Å². The van der Waals surface area contributed by atoms with E-state index in [0.29, 0.717) is 29.2 Å². The van der Waals surface area contributed by atoms with Crippen LogP contribution >= 0.6 is 0 Å². The maximum atomic E-state index is 13.0. The molecule has 3 aromatic carbocycles. The number of aromatic nitrogens is 2. The van der Waals surface area contributed by atoms with Gasteiger partial charge in [-0.3, -0.25) is 19.3 Å². The van der Waals surface area contributed by atoms with Crippen LogP contribution in [-0.2, 0) is 11.8 Å². The van der Waals surface area contributed by atoms with Crippen LogP contribution in [0, 0.1) is 6.92 Å². The molecule has 1 aliphatic rings. The van der Waals surface area contributed by atoms with Crippen LogP contribution in [0.3, 0.4) is 0 Å². The Hall–Kier alpha value is -4.96. The molecule has 1 fully saturated rings. The van der Waals surface area contributed by atoms with Gasteiger partial charge in [-0.1, -0.05) is 24.3 Å². The predicted molar refractivity (Wildman–Crippen MR) is 171 cm³/mol. The van der Waals surface area contributed by atoms with Crippen LogP contribution in [-0.4, -0.2) is 64.9 Å². The number of hydrogen-bond donors (Lipinski definition) is 3. The standard InChI is InChI=1S/C33H37N7O3/c1-6-34-24-14-12-23(13-15-24)31(41)37-27-9-7-8-26(21(27)2)28-20-40(5)33(43)30(36-28)35-25-16-10-22(11-17-25)29-32(42)39(4)19-18-38(29)3/h7-17,20,29,34H,6,18-19H2,1-5H3,(H,35,36)(H,37,41). The van der Waals surface area contributed by atoms with E-state index in [-0.39, 0.29) is 29.2 Å². The van der Waals surface area contributed by atoms with Crippen LogP contribution in [0.15, 0.2) is 77.7 Å². The molecule has 43 heavy (non-hydrogen) atoms. The topological polar surface area (TPSA) is 112 Å². The third kappa shape index (κ3) is 6.29. The van der Waals surface area contributed by atoms with Gasteiger partial charge in [0.1, 0.15) is 6.04 Å². The van der Waals surface area contributed by atoms with Gasteiger partial charge in [0.25, 0.3) is 11.5 Å². The first kappa shape index (κ1) is 29.5. The van der Waals surface area contributed by atoms with E-state index in [9.17, 15) is 14.4 Å². The number of likely N-dealkylation sites (N-methyl/N-ethyl adjacent to an activating group) is 2. The van der Waals surface area contributed by atoms with Gasteiger partial charge in [0.05, 0.1) is 5.69 Å². The Kier molecular flexibility index (Phi) is 8.58. The second kappa shape index (κ2) is 12.5. The lowest BCUT2D eigenvalue weighted by atomic mass is 10.0. The molecule has 4 aromatic rings. The summed E-state index contributed by atoms with van der Waals surface area (Å²) in [6.45, 7) is 6.24. The van der Waals surface area contributed by atoms with Gasteiger partial charge in [-0.25, -0.2) is 4.98 Å². The monoisotopic (exact) mass is 579 g/mol. The summed E-state index contributed by atoms with van der Waals surface area (Å²) in [7, 11) is 5.45. The summed E-state index contributed by atoms with van der Waals surface area (Å²) in [6.07, 6.45) is 1.69. The zero-order valence-electron chi connectivity index (χ0n) is 25.1. The molecule has 2 heterocycles. The third-order valence-corrected chi connectivity index (χ3v) is 7.79. The van der Waals surface area contributed by atoms with Crippen molar-refractivity contribution in [2.24, 2.45) is 7.05 Å². The Balaban J connectivity index is 1.37. The average Bonchev–Trinajstić information content (AvgIpc) is 3.00. The molecular weight excluding hydrogens is 542 g/mol. The van der Waals surface area contributed by atoms with Crippen LogP contribution < -0.4 is 21.5 Å². The van der Waals surface area contributed by atoms with Gasteiger partial charge in [0.15, 0.2) is 5.82 Å². The number of nitrogens with one attached hydrogen (secondary N) is 3. The van der Waals surface area contributed by atoms with Crippen LogP contribution in [0.2, 0.25) is 0 Å². The van der Waals surface area contributed by atoms with Crippen molar-refractivity contribution in [2.45, 2.75) is 19.9 Å². The number of anilines is 4. The molecule has 0 bridgehead atoms. The second-order valence-corrected chi connectivity index (χ2v) is 10.8. The van der Waals surface area contributed by atoms with Gasteiger partial charge >= 0.3 is 0 Å². The zero-order chi connectivity index (χ0) is 30.7. The fraction of sp³-hybridized carbons (Fsp3) is 0.273. The number of aryl methyl sites for hydroxylation is 1. The van der Waals surface area contributed by atoms with Crippen molar-refractivity contribution in [1.82, 2.24) is 19.4 Å². The van der Waals surface area contributed by atoms with E-state index in [1.165, 1.54) is 4.57 Å². The van der Waals surface area contributed by atoms with E-state index in [1.807, 2.05) is 87.4 Å². The average molecular weight is 580 g/mol. The van der Waals surface area contributed by atoms with Crippen molar-refractivity contribution in [3.8, 4) is 11.3 Å². The summed E-state index contributed by atoms with van der Waals surface area (Å²) in [5.74, 6) is 0.0249. The summed E-state index contributed by atoms with van der Waals surface area (Å²) in [5.41, 5.74) is 5.66. The van der Waals surface area contributed by atoms with E-state index in [4.69, 9.17) is 0 Å². The smallest absolute Gasteiger partial charge is 0.293 e. The molecule has 0 saturated carbocycles. The fourth-order valence-electron chi connectivity index (χ4n) is 5.23. The Morgan fingerprint density at radius 2 is 1.63 bits per heavy atom. The molecule has 1 atom stereocenters. The van der Waals surface area contributed by atoms with Gasteiger partial charge in [0, 0.05) is 68.1 Å². The van der Waals surface area contributed by atoms with Crippen molar-refractivity contribution < 1.29 is 9.59 Å². The number of amides is 2. The summed E-state index contributed by atoms with van der Waals surface area (Å²) >= 11 is 0. The minimum Gasteiger partial charge on any atom is -0.385 e. The third-order valence-electron chi connectivity index (χ3n) is 7.79. The fourth-order valence-corrected chi connectivity index (χ4v) is 5.23. The molecule has 0 spiro atoms. The predicted octanol–water partition coefficient (Wildman–Crippen LogP) is 4.63. The van der Waals surface area contributed by atoms with Crippen molar-refractivity contribution in [3.05, 3.63) is 100.0 Å². The minimum absolute atomic E-state index is 0.0636. The second-order valence-electron chi connectivity index (χ2n) is 10.8. The van der Waals surface area contributed by atoms with Crippen LogP contribution in [0.4, 0.5) is 22.9 Å². The number of carbonyl (C=O) groups excluding carboxylic acids is 2. The first-order valence-electron chi connectivity index (χ1n) is 14.3. The molecule has 0 aliphatic carbocycles. The quantitative estimate of drug-likeness (QED) is 0.279. The largest absolute Gasteiger partial charge is 0.385 e. The van der Waals surface area contributed by atoms with Crippen LogP contribution in [0.1, 0.15) is 34.5 Å². The number of benzene rings is 3. The lowest BCUT2D eigenvalue weighted by Gasteiger charge is -2.37. The Bertz CT molecular complexity index is 1700. The van der Waals surface area contributed by atoms with Gasteiger partial charge < -0.3 is 25.4 Å². The number of rotatable bonds is 8. The van der Waals surface area contributed by atoms with Crippen molar-refractivity contribution in [2.75, 3.05) is 49.7 Å². The maximum Gasteiger partial charge on any atom is 0.293 e. The molecule has 1 saturated heterocycles. The Morgan fingerprint density at radius 1 is 0.930 bits per heavy atom. The highest BCUT2D eigenvalue weighted by Crippen LogP contribution is 2.29. The van der Waals surface area contributed by atoms with Gasteiger partial charge in [-0.15, -0.1) is 0 Å². The van der Waals surface area contributed by atoms with Gasteiger partial charge in [0.2, 0.25) is 5.91 Å². The molecule has 10 nitrogen and oxygen atoms in total. The number of nitrogens with zero attached hydrogens (tertiary/aromatic N) is 4. The highest BCUT2D eigenvalue weighted by atomic mass is 16.2. The van der Waals surface area contributed by atoms with Gasteiger partial charge in [-0.05, 0) is 74.5 Å². The lowest BCUT2D eigenvalue weighted by Crippen LogP contribution is -2.48. The van der Waals surface area contributed by atoms with E-state index in [0.717, 1.165) is 35.5 Å². The maximum absolute atomic E-state index is 13.0. The summed E-state index contributed by atoms with van der Waals surface area (Å²) < 4.78 is 1.49. The molecule has 10 heteroatoms. The molecule has 1 aliphatic heterocycles. The summed E-state index contributed by atoms with van der Waals surface area (Å²) in [4.78, 5) is 47.3. The molecule has 1 unspecified atom stereocenters. The molecule has 222 valence electrons. The molecular formula is C33H37N7O3. The van der Waals surface area contributed by atoms with Crippen molar-refractivity contribution >= 4 is 34.7 Å². The van der Waals surface area contributed by atoms with E-state index >= 15 is 0 Å². The normalized spacial score (nSPS) is 15.3. The molecule has 2 amide bonds. The highest BCUT2D eigenvalue weighted by Gasteiger charge is 2.31. The van der Waals surface area contributed by atoms with E-state index in [1.54, 1.807) is 30.3 Å². The molecule has 0 radical (unpaired) electrons. The molecule has 3 N–H and O–H groups in total. The SMILES string of the molecule is CCNc1ccc(C(=O)Nc2cccc(-c3cn(C)c(=O)c(Nc4ccc(C5C(=O)N(C)CCN5C)cc4)n3)c2C)cc1. The Labute approximate surface area is 251 Å². The van der Waals surface area contributed by atoms with E-state index in [2.05, 4.69) is 20.9 Å². The summed E-state index contributed by atoms with van der Waals surface area (Å²) in [6, 6.07) is 20.1. The summed E-state index contributed by atoms with van der Waals surface area (Å²) in [5, 5.41) is 9.39. The highest BCUT2D eigenvalue weighted by molar-refractivity contribution is 6.05. The Morgan fingerprint density at radius 3 is 2.33 bits per heavy atom. The van der Waals surface area contributed by atoms with Gasteiger partial charge in [-0.2, -0.15) is 0 Å². The van der Waals surface area contributed by atoms with Crippen molar-refractivity contribution in [3.63, 3.8) is 0 Å².